The van der Waals surface area contributed by atoms with Crippen LogP contribution in [0.4, 0.5) is 9.18 Å². The lowest BCUT2D eigenvalue weighted by molar-refractivity contribution is -0.136. The van der Waals surface area contributed by atoms with Gasteiger partial charge in [-0.2, -0.15) is 0 Å². The Balaban J connectivity index is 1.46. The summed E-state index contributed by atoms with van der Waals surface area (Å²) in [4.78, 5) is 45.1. The molecule has 2 amide bonds. The number of amides is 2. The van der Waals surface area contributed by atoms with Gasteiger partial charge in [0.2, 0.25) is 5.91 Å². The Kier molecular flexibility index (Phi) is 6.96. The second kappa shape index (κ2) is 10.2. The number of morpholine rings is 1. The summed E-state index contributed by atoms with van der Waals surface area (Å²) < 4.78 is 30.4. The molecule has 2 aromatic rings. The van der Waals surface area contributed by atoms with Gasteiger partial charge in [0.05, 0.1) is 13.2 Å². The first kappa shape index (κ1) is 24.7. The molecule has 1 saturated heterocycles. The number of carbonyl (C=O) groups excluding carboxylic acids is 3. The van der Waals surface area contributed by atoms with Crippen LogP contribution in [0.1, 0.15) is 62.1 Å². The molecule has 2 heterocycles. The molecule has 36 heavy (non-hydrogen) atoms. The second-order valence-electron chi connectivity index (χ2n) is 10.2. The number of hydrogen-bond donors (Lipinski definition) is 1. The molecule has 5 rings (SSSR count). The van der Waals surface area contributed by atoms with Crippen molar-refractivity contribution in [1.82, 2.24) is 9.88 Å². The van der Waals surface area contributed by atoms with Crippen LogP contribution in [0.25, 0.3) is 11.1 Å². The first-order valence-corrected chi connectivity index (χ1v) is 12.8. The van der Waals surface area contributed by atoms with Gasteiger partial charge in [-0.25, -0.2) is 14.2 Å². The predicted molar refractivity (Wildman–Crippen MR) is 127 cm³/mol. The molecule has 0 spiro atoms. The molecule has 1 aromatic heterocycles. The number of hydrogen-bond acceptors (Lipinski definition) is 7. The molecule has 1 unspecified atom stereocenters. The molecule has 10 heteroatoms. The number of oxazole rings is 1. The summed E-state index contributed by atoms with van der Waals surface area (Å²) in [6.07, 6.45) is 5.20. The van der Waals surface area contributed by atoms with E-state index >= 15 is 0 Å². The van der Waals surface area contributed by atoms with Crippen molar-refractivity contribution in [2.24, 2.45) is 23.5 Å². The van der Waals surface area contributed by atoms with Crippen molar-refractivity contribution >= 4 is 28.9 Å². The van der Waals surface area contributed by atoms with Gasteiger partial charge >= 0.3 is 6.09 Å². The zero-order chi connectivity index (χ0) is 25.3. The highest BCUT2D eigenvalue weighted by Crippen LogP contribution is 2.57. The van der Waals surface area contributed by atoms with Gasteiger partial charge in [-0.15, -0.1) is 0 Å². The SMILES string of the molecule is NC(=O)O[C@](CCC(=O)N1CCOCC1)(C(=O)c1nc2ccc(F)cc2o1)[C@H]1CC1C1CCCCC1. The topological polar surface area (TPSA) is 125 Å². The number of primary amides is 1. The van der Waals surface area contributed by atoms with Crippen LogP contribution in [0.5, 0.6) is 0 Å². The fraction of sp³-hybridized carbons (Fsp3) is 0.615. The quantitative estimate of drug-likeness (QED) is 0.545. The van der Waals surface area contributed by atoms with Gasteiger partial charge in [-0.1, -0.05) is 32.1 Å². The fourth-order valence-electron chi connectivity index (χ4n) is 6.09. The van der Waals surface area contributed by atoms with E-state index in [1.165, 1.54) is 18.6 Å². The summed E-state index contributed by atoms with van der Waals surface area (Å²) in [6, 6.07) is 3.80. The van der Waals surface area contributed by atoms with Crippen LogP contribution in [0.15, 0.2) is 22.6 Å². The molecule has 0 bridgehead atoms. The van der Waals surface area contributed by atoms with Gasteiger partial charge < -0.3 is 24.5 Å². The number of rotatable bonds is 8. The van der Waals surface area contributed by atoms with E-state index in [4.69, 9.17) is 19.6 Å². The summed E-state index contributed by atoms with van der Waals surface area (Å²) in [5, 5.41) is 0. The average molecular weight is 502 g/mol. The number of aromatic nitrogens is 1. The number of ether oxygens (including phenoxy) is 2. The number of nitrogens with zero attached hydrogens (tertiary/aromatic N) is 2. The molecule has 194 valence electrons. The van der Waals surface area contributed by atoms with Crippen LogP contribution in [-0.4, -0.2) is 59.6 Å². The summed E-state index contributed by atoms with van der Waals surface area (Å²) >= 11 is 0. The fourth-order valence-corrected chi connectivity index (χ4v) is 6.09. The number of benzene rings is 1. The molecule has 3 fully saturated rings. The van der Waals surface area contributed by atoms with Crippen LogP contribution in [0.2, 0.25) is 0 Å². The van der Waals surface area contributed by atoms with Crippen molar-refractivity contribution in [3.05, 3.63) is 29.9 Å². The highest BCUT2D eigenvalue weighted by Gasteiger charge is 2.62. The molecule has 2 saturated carbocycles. The van der Waals surface area contributed by atoms with Crippen LogP contribution in [0, 0.1) is 23.6 Å². The van der Waals surface area contributed by atoms with Crippen molar-refractivity contribution in [2.45, 2.75) is 57.0 Å². The Hall–Kier alpha value is -3.01. The molecular formula is C26H32FN3O6. The van der Waals surface area contributed by atoms with Crippen LogP contribution in [0.3, 0.4) is 0 Å². The van der Waals surface area contributed by atoms with Gasteiger partial charge in [0.25, 0.3) is 11.7 Å². The molecule has 9 nitrogen and oxygen atoms in total. The summed E-state index contributed by atoms with van der Waals surface area (Å²) in [7, 11) is 0. The third kappa shape index (κ3) is 4.96. The van der Waals surface area contributed by atoms with Crippen molar-refractivity contribution in [1.29, 1.82) is 0 Å². The largest absolute Gasteiger partial charge is 0.434 e. The van der Waals surface area contributed by atoms with E-state index in [1.807, 2.05) is 0 Å². The summed E-state index contributed by atoms with van der Waals surface area (Å²) in [5.74, 6) is -1.23. The summed E-state index contributed by atoms with van der Waals surface area (Å²) in [5.41, 5.74) is 4.27. The van der Waals surface area contributed by atoms with Crippen LogP contribution >= 0.6 is 0 Å². The zero-order valence-electron chi connectivity index (χ0n) is 20.2. The average Bonchev–Trinajstić information content (AvgIpc) is 3.59. The highest BCUT2D eigenvalue weighted by atomic mass is 19.1. The van der Waals surface area contributed by atoms with E-state index < -0.39 is 23.3 Å². The van der Waals surface area contributed by atoms with E-state index in [0.717, 1.165) is 31.7 Å². The zero-order valence-corrected chi connectivity index (χ0v) is 20.2. The standard InChI is InChI=1S/C26H32FN3O6/c27-17-6-7-20-21(14-17)35-24(29-20)23(32)26(36-25(28)33,9-8-22(31)30-10-12-34-13-11-30)19-15-18(19)16-4-2-1-3-5-16/h6-7,14,16,18-19H,1-5,8-13,15H2,(H2,28,33)/t18?,19-,26-/m0/s1. The third-order valence-electron chi connectivity index (χ3n) is 7.98. The smallest absolute Gasteiger partial charge is 0.405 e. The molecule has 1 aromatic carbocycles. The number of halogens is 1. The summed E-state index contributed by atoms with van der Waals surface area (Å²) in [6.45, 7) is 1.86. The first-order valence-electron chi connectivity index (χ1n) is 12.8. The third-order valence-corrected chi connectivity index (χ3v) is 7.98. The molecule has 3 aliphatic rings. The lowest BCUT2D eigenvalue weighted by Crippen LogP contribution is -2.49. The van der Waals surface area contributed by atoms with Crippen molar-refractivity contribution < 1.29 is 32.7 Å². The number of ketones is 1. The maximum Gasteiger partial charge on any atom is 0.405 e. The van der Waals surface area contributed by atoms with Gasteiger partial charge in [0, 0.05) is 37.9 Å². The van der Waals surface area contributed by atoms with Gasteiger partial charge in [0.1, 0.15) is 11.3 Å². The lowest BCUT2D eigenvalue weighted by atomic mass is 9.80. The normalized spacial score (nSPS) is 24.3. The van der Waals surface area contributed by atoms with Crippen molar-refractivity contribution in [3.63, 3.8) is 0 Å². The van der Waals surface area contributed by atoms with Gasteiger partial charge in [-0.3, -0.25) is 9.59 Å². The van der Waals surface area contributed by atoms with E-state index in [1.54, 1.807) is 4.90 Å². The minimum Gasteiger partial charge on any atom is -0.434 e. The Morgan fingerprint density at radius 2 is 1.92 bits per heavy atom. The number of nitrogens with two attached hydrogens (primary N) is 1. The monoisotopic (exact) mass is 501 g/mol. The molecule has 0 radical (unpaired) electrons. The number of carbonyl (C=O) groups is 3. The minimum atomic E-state index is -1.67. The molecule has 3 atom stereocenters. The first-order chi connectivity index (χ1) is 17.4. The Morgan fingerprint density at radius 3 is 2.64 bits per heavy atom. The molecule has 2 N–H and O–H groups in total. The highest BCUT2D eigenvalue weighted by molar-refractivity contribution is 6.02. The lowest BCUT2D eigenvalue weighted by Gasteiger charge is -2.33. The van der Waals surface area contributed by atoms with Crippen molar-refractivity contribution in [3.8, 4) is 0 Å². The minimum absolute atomic E-state index is 0.00175. The predicted octanol–water partition coefficient (Wildman–Crippen LogP) is 3.84. The molecular weight excluding hydrogens is 469 g/mol. The Labute approximate surface area is 208 Å². The Bertz CT molecular complexity index is 1140. The van der Waals surface area contributed by atoms with Crippen LogP contribution < -0.4 is 5.73 Å². The van der Waals surface area contributed by atoms with Crippen molar-refractivity contribution in [2.75, 3.05) is 26.3 Å². The Morgan fingerprint density at radius 1 is 1.17 bits per heavy atom. The second-order valence-corrected chi connectivity index (χ2v) is 10.2. The van der Waals surface area contributed by atoms with E-state index in [9.17, 15) is 18.8 Å². The molecule has 2 aliphatic carbocycles. The van der Waals surface area contributed by atoms with Crippen LogP contribution in [-0.2, 0) is 14.3 Å². The van der Waals surface area contributed by atoms with Gasteiger partial charge in [0.15, 0.2) is 11.2 Å². The van der Waals surface area contributed by atoms with E-state index in [2.05, 4.69) is 4.98 Å². The van der Waals surface area contributed by atoms with E-state index in [-0.39, 0.29) is 42.1 Å². The maximum atomic E-state index is 14.0. The maximum absolute atomic E-state index is 14.0. The number of Topliss-reactive ketones (excluding diaryl/α,β-unsaturated/α-hetero) is 1. The number of fused-ring (bicyclic) bond motifs is 1. The van der Waals surface area contributed by atoms with Gasteiger partial charge in [-0.05, 0) is 30.4 Å². The molecule has 1 aliphatic heterocycles. The van der Waals surface area contributed by atoms with E-state index in [0.29, 0.717) is 44.2 Å².